The van der Waals surface area contributed by atoms with Crippen LogP contribution >= 0.6 is 0 Å². The van der Waals surface area contributed by atoms with Crippen LogP contribution in [0.5, 0.6) is 0 Å². The van der Waals surface area contributed by atoms with Crippen LogP contribution < -0.4 is 0 Å². The number of aromatic nitrogens is 1. The minimum atomic E-state index is -2.70. The Morgan fingerprint density at radius 1 is 1.22 bits per heavy atom. The largest absolute Gasteiger partial charge is 0.280 e. The highest BCUT2D eigenvalue weighted by atomic mass is 19.3. The van der Waals surface area contributed by atoms with Crippen molar-refractivity contribution in [2.75, 3.05) is 0 Å². The third kappa shape index (κ3) is 2.18. The van der Waals surface area contributed by atoms with E-state index in [0.29, 0.717) is 5.56 Å². The monoisotopic (exact) mass is 248 g/mol. The standard InChI is InChI=1S/C13H7F3N2/c14-11-3-1-2-9(10(11)7-17)8-4-5-18-12(6-8)13(15)16/h1-6,13H. The summed E-state index contributed by atoms with van der Waals surface area (Å²) in [6, 6.07) is 8.42. The summed E-state index contributed by atoms with van der Waals surface area (Å²) in [5.74, 6) is -0.676. The van der Waals surface area contributed by atoms with E-state index in [0.717, 1.165) is 12.1 Å². The molecule has 18 heavy (non-hydrogen) atoms. The molecule has 0 bridgehead atoms. The van der Waals surface area contributed by atoms with Gasteiger partial charge in [-0.3, -0.25) is 4.98 Å². The summed E-state index contributed by atoms with van der Waals surface area (Å²) in [6.45, 7) is 0. The van der Waals surface area contributed by atoms with Gasteiger partial charge in [0.25, 0.3) is 6.43 Å². The summed E-state index contributed by atoms with van der Waals surface area (Å²) < 4.78 is 38.5. The van der Waals surface area contributed by atoms with Gasteiger partial charge in [-0.2, -0.15) is 5.26 Å². The van der Waals surface area contributed by atoms with Crippen LogP contribution in [0, 0.1) is 17.1 Å². The van der Waals surface area contributed by atoms with Crippen molar-refractivity contribution in [1.29, 1.82) is 5.26 Å². The SMILES string of the molecule is N#Cc1c(F)cccc1-c1ccnc(C(F)F)c1. The number of pyridine rings is 1. The topological polar surface area (TPSA) is 36.7 Å². The van der Waals surface area contributed by atoms with Crippen molar-refractivity contribution in [1.82, 2.24) is 4.98 Å². The Morgan fingerprint density at radius 2 is 2.00 bits per heavy atom. The van der Waals surface area contributed by atoms with Crippen LogP contribution in [-0.2, 0) is 0 Å². The molecule has 0 saturated carbocycles. The lowest BCUT2D eigenvalue weighted by Crippen LogP contribution is -1.93. The number of halogens is 3. The van der Waals surface area contributed by atoms with E-state index in [-0.39, 0.29) is 11.1 Å². The van der Waals surface area contributed by atoms with Gasteiger partial charge in [0, 0.05) is 11.8 Å². The van der Waals surface area contributed by atoms with Crippen molar-refractivity contribution in [3.63, 3.8) is 0 Å². The fourth-order valence-electron chi connectivity index (χ4n) is 1.61. The minimum absolute atomic E-state index is 0.163. The van der Waals surface area contributed by atoms with Crippen molar-refractivity contribution in [2.45, 2.75) is 6.43 Å². The Balaban J connectivity index is 2.59. The van der Waals surface area contributed by atoms with Crippen LogP contribution in [0.2, 0.25) is 0 Å². The number of nitrogens with zero attached hydrogens (tertiary/aromatic N) is 2. The predicted octanol–water partition coefficient (Wildman–Crippen LogP) is 3.70. The first kappa shape index (κ1) is 12.1. The highest BCUT2D eigenvalue weighted by Gasteiger charge is 2.13. The van der Waals surface area contributed by atoms with Gasteiger partial charge in [-0.1, -0.05) is 12.1 Å². The maximum Gasteiger partial charge on any atom is 0.280 e. The molecule has 1 heterocycles. The first-order valence-electron chi connectivity index (χ1n) is 5.06. The second-order valence-corrected chi connectivity index (χ2v) is 3.54. The van der Waals surface area contributed by atoms with Gasteiger partial charge >= 0.3 is 0 Å². The quantitative estimate of drug-likeness (QED) is 0.812. The van der Waals surface area contributed by atoms with Crippen molar-refractivity contribution >= 4 is 0 Å². The number of benzene rings is 1. The van der Waals surface area contributed by atoms with E-state index in [9.17, 15) is 13.2 Å². The molecule has 0 saturated heterocycles. The molecule has 5 heteroatoms. The fourth-order valence-corrected chi connectivity index (χ4v) is 1.61. The zero-order chi connectivity index (χ0) is 13.1. The summed E-state index contributed by atoms with van der Waals surface area (Å²) in [7, 11) is 0. The normalized spacial score (nSPS) is 10.4. The summed E-state index contributed by atoms with van der Waals surface area (Å²) in [6.07, 6.45) is -1.49. The van der Waals surface area contributed by atoms with E-state index >= 15 is 0 Å². The lowest BCUT2D eigenvalue weighted by atomic mass is 10.0. The summed E-state index contributed by atoms with van der Waals surface area (Å²) in [5.41, 5.74) is 0.0581. The van der Waals surface area contributed by atoms with Gasteiger partial charge in [0.2, 0.25) is 0 Å². The van der Waals surface area contributed by atoms with E-state index in [1.807, 2.05) is 0 Å². The molecule has 2 rings (SSSR count). The number of nitriles is 1. The van der Waals surface area contributed by atoms with Crippen LogP contribution in [0.25, 0.3) is 11.1 Å². The van der Waals surface area contributed by atoms with Crippen LogP contribution in [0.15, 0.2) is 36.5 Å². The first-order valence-corrected chi connectivity index (χ1v) is 5.06. The molecule has 0 aliphatic carbocycles. The Labute approximate surface area is 101 Å². The number of hydrogen-bond acceptors (Lipinski definition) is 2. The molecule has 2 nitrogen and oxygen atoms in total. The lowest BCUT2D eigenvalue weighted by molar-refractivity contribution is 0.146. The molecule has 0 atom stereocenters. The maximum absolute atomic E-state index is 13.4. The predicted molar refractivity (Wildman–Crippen MR) is 59.3 cm³/mol. The lowest BCUT2D eigenvalue weighted by Gasteiger charge is -2.06. The van der Waals surface area contributed by atoms with E-state index in [4.69, 9.17) is 5.26 Å². The smallest absolute Gasteiger partial charge is 0.255 e. The molecule has 0 spiro atoms. The van der Waals surface area contributed by atoms with Gasteiger partial charge in [0.05, 0.1) is 5.56 Å². The van der Waals surface area contributed by atoms with E-state index in [1.54, 1.807) is 6.07 Å². The Kier molecular flexibility index (Phi) is 3.28. The second-order valence-electron chi connectivity index (χ2n) is 3.54. The molecule has 2 aromatic rings. The Morgan fingerprint density at radius 3 is 2.67 bits per heavy atom. The average Bonchev–Trinajstić information content (AvgIpc) is 2.38. The molecule has 0 fully saturated rings. The van der Waals surface area contributed by atoms with Crippen LogP contribution in [0.1, 0.15) is 17.7 Å². The van der Waals surface area contributed by atoms with Gasteiger partial charge in [-0.25, -0.2) is 13.2 Å². The van der Waals surface area contributed by atoms with Gasteiger partial charge in [0.15, 0.2) is 0 Å². The van der Waals surface area contributed by atoms with Crippen LogP contribution in [-0.4, -0.2) is 4.98 Å². The zero-order valence-corrected chi connectivity index (χ0v) is 9.07. The van der Waals surface area contributed by atoms with Gasteiger partial charge in [-0.05, 0) is 23.8 Å². The van der Waals surface area contributed by atoms with E-state index in [1.165, 1.54) is 24.4 Å². The highest BCUT2D eigenvalue weighted by molar-refractivity contribution is 5.70. The minimum Gasteiger partial charge on any atom is -0.255 e. The summed E-state index contributed by atoms with van der Waals surface area (Å²) in [5, 5.41) is 8.89. The molecular formula is C13H7F3N2. The van der Waals surface area contributed by atoms with Crippen molar-refractivity contribution in [2.24, 2.45) is 0 Å². The molecule has 0 N–H and O–H groups in total. The molecule has 1 aromatic heterocycles. The van der Waals surface area contributed by atoms with Crippen LogP contribution in [0.3, 0.4) is 0 Å². The molecule has 1 aromatic carbocycles. The van der Waals surface area contributed by atoms with Gasteiger partial charge in [-0.15, -0.1) is 0 Å². The van der Waals surface area contributed by atoms with Crippen LogP contribution in [0.4, 0.5) is 13.2 Å². The third-order valence-corrected chi connectivity index (χ3v) is 2.44. The molecule has 0 aliphatic rings. The molecule has 90 valence electrons. The molecule has 0 radical (unpaired) electrons. The third-order valence-electron chi connectivity index (χ3n) is 2.44. The molecule has 0 unspecified atom stereocenters. The molecular weight excluding hydrogens is 241 g/mol. The Bertz CT molecular complexity index is 618. The zero-order valence-electron chi connectivity index (χ0n) is 9.07. The Hall–Kier alpha value is -2.35. The van der Waals surface area contributed by atoms with Gasteiger partial charge < -0.3 is 0 Å². The average molecular weight is 248 g/mol. The highest BCUT2D eigenvalue weighted by Crippen LogP contribution is 2.27. The molecule has 0 aliphatic heterocycles. The number of hydrogen-bond donors (Lipinski definition) is 0. The summed E-state index contributed by atoms with van der Waals surface area (Å²) in [4.78, 5) is 3.52. The fraction of sp³-hybridized carbons (Fsp3) is 0.0769. The van der Waals surface area contributed by atoms with Crippen molar-refractivity contribution in [3.05, 3.63) is 53.6 Å². The van der Waals surface area contributed by atoms with Gasteiger partial charge in [0.1, 0.15) is 17.6 Å². The van der Waals surface area contributed by atoms with E-state index in [2.05, 4.69) is 4.98 Å². The summed E-state index contributed by atoms with van der Waals surface area (Å²) >= 11 is 0. The number of rotatable bonds is 2. The first-order chi connectivity index (χ1) is 8.63. The number of alkyl halides is 2. The van der Waals surface area contributed by atoms with E-state index < -0.39 is 17.9 Å². The molecule has 0 amide bonds. The maximum atomic E-state index is 13.4. The second kappa shape index (κ2) is 4.88. The van der Waals surface area contributed by atoms with Crippen molar-refractivity contribution in [3.8, 4) is 17.2 Å². The van der Waals surface area contributed by atoms with Crippen molar-refractivity contribution < 1.29 is 13.2 Å².